The number of para-hydroxylation sites is 2. The molecular weight excluding hydrogens is 382 g/mol. The predicted octanol–water partition coefficient (Wildman–Crippen LogP) is 4.03. The van der Waals surface area contributed by atoms with Crippen molar-refractivity contribution in [2.24, 2.45) is 5.92 Å². The molecule has 1 heterocycles. The second kappa shape index (κ2) is 9.52. The van der Waals surface area contributed by atoms with E-state index in [9.17, 15) is 4.79 Å². The van der Waals surface area contributed by atoms with Gasteiger partial charge in [0.15, 0.2) is 11.5 Å². The summed E-state index contributed by atoms with van der Waals surface area (Å²) in [4.78, 5) is 20.7. The van der Waals surface area contributed by atoms with Gasteiger partial charge in [-0.25, -0.2) is 4.98 Å². The van der Waals surface area contributed by atoms with E-state index >= 15 is 0 Å². The van der Waals surface area contributed by atoms with Gasteiger partial charge in [-0.05, 0) is 42.2 Å². The van der Waals surface area contributed by atoms with Crippen LogP contribution in [0, 0.1) is 5.92 Å². The maximum absolute atomic E-state index is 12.7. The van der Waals surface area contributed by atoms with Crippen LogP contribution in [0.15, 0.2) is 36.4 Å². The molecule has 0 saturated carbocycles. The van der Waals surface area contributed by atoms with E-state index in [1.54, 1.807) is 21.3 Å². The first kappa shape index (κ1) is 21.5. The quantitative estimate of drug-likeness (QED) is 0.555. The number of hydrogen-bond acceptors (Lipinski definition) is 5. The van der Waals surface area contributed by atoms with E-state index < -0.39 is 0 Å². The van der Waals surface area contributed by atoms with Crippen molar-refractivity contribution < 1.29 is 19.0 Å². The number of hydrogen-bond donors (Lipinski definition) is 2. The van der Waals surface area contributed by atoms with Crippen LogP contribution < -0.4 is 19.5 Å². The van der Waals surface area contributed by atoms with E-state index in [0.29, 0.717) is 30.1 Å². The third kappa shape index (κ3) is 4.67. The van der Waals surface area contributed by atoms with Gasteiger partial charge in [-0.2, -0.15) is 0 Å². The number of methoxy groups -OCH3 is 3. The van der Waals surface area contributed by atoms with Crippen LogP contribution in [0.5, 0.6) is 17.2 Å². The molecule has 7 heteroatoms. The fraction of sp³-hybridized carbons (Fsp3) is 0.391. The Morgan fingerprint density at radius 2 is 1.73 bits per heavy atom. The molecule has 0 unspecified atom stereocenters. The number of H-pyrrole nitrogens is 1. The van der Waals surface area contributed by atoms with E-state index in [4.69, 9.17) is 14.2 Å². The monoisotopic (exact) mass is 411 g/mol. The van der Waals surface area contributed by atoms with Gasteiger partial charge in [-0.1, -0.05) is 26.0 Å². The average molecular weight is 412 g/mol. The number of benzene rings is 2. The summed E-state index contributed by atoms with van der Waals surface area (Å²) >= 11 is 0. The van der Waals surface area contributed by atoms with Gasteiger partial charge >= 0.3 is 0 Å². The summed E-state index contributed by atoms with van der Waals surface area (Å²) in [7, 11) is 4.72. The highest BCUT2D eigenvalue weighted by atomic mass is 16.5. The summed E-state index contributed by atoms with van der Waals surface area (Å²) in [6.45, 7) is 4.13. The van der Waals surface area contributed by atoms with Crippen LogP contribution in [0.1, 0.15) is 37.7 Å². The molecule has 3 aromatic rings. The van der Waals surface area contributed by atoms with Crippen LogP contribution in [-0.4, -0.2) is 37.2 Å². The fourth-order valence-electron chi connectivity index (χ4n) is 3.45. The molecule has 1 amide bonds. The Morgan fingerprint density at radius 3 is 2.30 bits per heavy atom. The number of carbonyl (C=O) groups excluding carboxylic acids is 1. The third-order valence-electron chi connectivity index (χ3n) is 5.05. The predicted molar refractivity (Wildman–Crippen MR) is 116 cm³/mol. The van der Waals surface area contributed by atoms with E-state index in [1.165, 1.54) is 0 Å². The normalized spacial score (nSPS) is 12.1. The Labute approximate surface area is 176 Å². The Kier molecular flexibility index (Phi) is 6.82. The molecule has 0 fully saturated rings. The van der Waals surface area contributed by atoms with E-state index in [2.05, 4.69) is 29.1 Å². The van der Waals surface area contributed by atoms with Gasteiger partial charge in [0.2, 0.25) is 11.7 Å². The molecule has 7 nitrogen and oxygen atoms in total. The van der Waals surface area contributed by atoms with Crippen molar-refractivity contribution in [2.75, 3.05) is 21.3 Å². The van der Waals surface area contributed by atoms with Crippen molar-refractivity contribution in [2.45, 2.75) is 32.7 Å². The van der Waals surface area contributed by atoms with Crippen molar-refractivity contribution in [1.82, 2.24) is 15.3 Å². The van der Waals surface area contributed by atoms with Crippen molar-refractivity contribution in [3.63, 3.8) is 0 Å². The standard InChI is InChI=1S/C23H29N3O4/c1-14(2)21(23-24-16-8-6-7-9-17(16)25-23)26-20(27)11-10-15-12-18(28-3)22(30-5)19(13-15)29-4/h6-9,12-14,21H,10-11H2,1-5H3,(H,24,25)(H,26,27)/t21-/m0/s1. The SMILES string of the molecule is COc1cc(CCC(=O)N[C@H](c2nc3ccccc3[nH]2)C(C)C)cc(OC)c1OC. The highest BCUT2D eigenvalue weighted by Gasteiger charge is 2.22. The first-order chi connectivity index (χ1) is 14.5. The zero-order valence-electron chi connectivity index (χ0n) is 18.1. The molecule has 0 radical (unpaired) electrons. The van der Waals surface area contributed by atoms with Crippen molar-refractivity contribution in [3.8, 4) is 17.2 Å². The molecule has 0 spiro atoms. The van der Waals surface area contributed by atoms with Gasteiger partial charge in [0, 0.05) is 6.42 Å². The van der Waals surface area contributed by atoms with Gasteiger partial charge in [0.05, 0.1) is 38.4 Å². The van der Waals surface area contributed by atoms with Crippen LogP contribution in [0.4, 0.5) is 0 Å². The second-order valence-electron chi connectivity index (χ2n) is 7.46. The van der Waals surface area contributed by atoms with Gasteiger partial charge in [-0.15, -0.1) is 0 Å². The molecular formula is C23H29N3O4. The number of imidazole rings is 1. The minimum atomic E-state index is -0.190. The van der Waals surface area contributed by atoms with Crippen molar-refractivity contribution >= 4 is 16.9 Å². The topological polar surface area (TPSA) is 85.5 Å². The Balaban J connectivity index is 1.70. The molecule has 2 aromatic carbocycles. The van der Waals surface area contributed by atoms with Crippen molar-refractivity contribution in [1.29, 1.82) is 0 Å². The Bertz CT molecular complexity index is 955. The lowest BCUT2D eigenvalue weighted by atomic mass is 10.0. The molecule has 2 N–H and O–H groups in total. The number of ether oxygens (including phenoxy) is 3. The molecule has 1 atom stereocenters. The number of nitrogens with one attached hydrogen (secondary N) is 2. The molecule has 3 rings (SSSR count). The number of nitrogens with zero attached hydrogens (tertiary/aromatic N) is 1. The summed E-state index contributed by atoms with van der Waals surface area (Å²) in [5.74, 6) is 2.62. The van der Waals surface area contributed by atoms with Gasteiger partial charge in [0.1, 0.15) is 5.82 Å². The molecule has 0 bridgehead atoms. The van der Waals surface area contributed by atoms with Crippen LogP contribution in [0.25, 0.3) is 11.0 Å². The zero-order chi connectivity index (χ0) is 21.7. The highest BCUT2D eigenvalue weighted by molar-refractivity contribution is 5.78. The Hall–Kier alpha value is -3.22. The zero-order valence-corrected chi connectivity index (χ0v) is 18.1. The molecule has 0 aliphatic rings. The minimum absolute atomic E-state index is 0.0390. The number of aromatic amines is 1. The summed E-state index contributed by atoms with van der Waals surface area (Å²) < 4.78 is 16.1. The summed E-state index contributed by atoms with van der Waals surface area (Å²) in [5.41, 5.74) is 2.79. The maximum Gasteiger partial charge on any atom is 0.220 e. The number of carbonyl (C=O) groups is 1. The minimum Gasteiger partial charge on any atom is -0.493 e. The third-order valence-corrected chi connectivity index (χ3v) is 5.05. The maximum atomic E-state index is 12.7. The Morgan fingerprint density at radius 1 is 1.07 bits per heavy atom. The second-order valence-corrected chi connectivity index (χ2v) is 7.46. The fourth-order valence-corrected chi connectivity index (χ4v) is 3.45. The van der Waals surface area contributed by atoms with Crippen LogP contribution in [-0.2, 0) is 11.2 Å². The van der Waals surface area contributed by atoms with Gasteiger partial charge in [0.25, 0.3) is 0 Å². The molecule has 0 aliphatic heterocycles. The van der Waals surface area contributed by atoms with E-state index in [1.807, 2.05) is 36.4 Å². The number of aromatic nitrogens is 2. The van der Waals surface area contributed by atoms with Crippen molar-refractivity contribution in [3.05, 3.63) is 47.8 Å². The largest absolute Gasteiger partial charge is 0.493 e. The molecule has 0 saturated heterocycles. The summed E-state index contributed by atoms with van der Waals surface area (Å²) in [6.07, 6.45) is 0.885. The number of amides is 1. The van der Waals surface area contributed by atoms with Crippen LogP contribution in [0.3, 0.4) is 0 Å². The lowest BCUT2D eigenvalue weighted by molar-refractivity contribution is -0.122. The summed E-state index contributed by atoms with van der Waals surface area (Å²) in [5, 5.41) is 3.12. The van der Waals surface area contributed by atoms with E-state index in [0.717, 1.165) is 22.4 Å². The number of rotatable bonds is 9. The van der Waals surface area contributed by atoms with Crippen LogP contribution >= 0.6 is 0 Å². The smallest absolute Gasteiger partial charge is 0.220 e. The lowest BCUT2D eigenvalue weighted by Gasteiger charge is -2.20. The summed E-state index contributed by atoms with van der Waals surface area (Å²) in [6, 6.07) is 11.4. The van der Waals surface area contributed by atoms with Gasteiger partial charge in [-0.3, -0.25) is 4.79 Å². The molecule has 30 heavy (non-hydrogen) atoms. The first-order valence-corrected chi connectivity index (χ1v) is 9.99. The highest BCUT2D eigenvalue weighted by Crippen LogP contribution is 2.38. The first-order valence-electron chi connectivity index (χ1n) is 9.99. The molecule has 1 aromatic heterocycles. The van der Waals surface area contributed by atoms with E-state index in [-0.39, 0.29) is 17.9 Å². The molecule has 160 valence electrons. The number of fused-ring (bicyclic) bond motifs is 1. The van der Waals surface area contributed by atoms with Crippen LogP contribution in [0.2, 0.25) is 0 Å². The lowest BCUT2D eigenvalue weighted by Crippen LogP contribution is -2.32. The average Bonchev–Trinajstić information content (AvgIpc) is 3.18. The number of aryl methyl sites for hydroxylation is 1. The molecule has 0 aliphatic carbocycles. The van der Waals surface area contributed by atoms with Gasteiger partial charge < -0.3 is 24.5 Å².